The van der Waals surface area contributed by atoms with Gasteiger partial charge in [0.2, 0.25) is 0 Å². The molecule has 0 heterocycles. The highest BCUT2D eigenvalue weighted by molar-refractivity contribution is 7.91. The second-order valence-electron chi connectivity index (χ2n) is 4.35. The molecule has 2 N–H and O–H groups in total. The molecule has 0 fully saturated rings. The van der Waals surface area contributed by atoms with Gasteiger partial charge in [-0.15, -0.1) is 0 Å². The summed E-state index contributed by atoms with van der Waals surface area (Å²) < 4.78 is 22.9. The first-order chi connectivity index (χ1) is 8.46. The number of nitrogens with zero attached hydrogens (tertiary/aromatic N) is 1. The first-order valence-electron chi connectivity index (χ1n) is 6.24. The second-order valence-corrected chi connectivity index (χ2v) is 6.82. The van der Waals surface area contributed by atoms with Crippen molar-refractivity contribution in [1.82, 2.24) is 4.90 Å². The summed E-state index contributed by atoms with van der Waals surface area (Å²) in [6, 6.07) is 7.69. The fraction of sp³-hybridized carbons (Fsp3) is 0.538. The number of hydrogen-bond donors (Lipinski definition) is 1. The summed E-state index contributed by atoms with van der Waals surface area (Å²) >= 11 is 0. The Morgan fingerprint density at radius 1 is 1.17 bits per heavy atom. The molecule has 0 unspecified atom stereocenters. The minimum Gasteiger partial charge on any atom is -0.399 e. The maximum Gasteiger partial charge on any atom is 0.151 e. The molecule has 0 amide bonds. The average Bonchev–Trinajstić information content (AvgIpc) is 2.37. The van der Waals surface area contributed by atoms with Crippen molar-refractivity contribution >= 4 is 15.5 Å². The van der Waals surface area contributed by atoms with Gasteiger partial charge in [-0.3, -0.25) is 4.90 Å². The third-order valence-corrected chi connectivity index (χ3v) is 4.68. The van der Waals surface area contributed by atoms with Crippen LogP contribution < -0.4 is 5.73 Å². The van der Waals surface area contributed by atoms with Crippen LogP contribution in [0.4, 0.5) is 5.69 Å². The molecule has 0 saturated heterocycles. The number of nitrogens with two attached hydrogens (primary N) is 1. The third kappa shape index (κ3) is 5.06. The zero-order chi connectivity index (χ0) is 13.6. The zero-order valence-electron chi connectivity index (χ0n) is 11.1. The first-order valence-corrected chi connectivity index (χ1v) is 8.06. The van der Waals surface area contributed by atoms with Gasteiger partial charge in [-0.1, -0.05) is 26.0 Å². The molecular formula is C13H22N2O2S. The maximum atomic E-state index is 11.5. The van der Waals surface area contributed by atoms with Crippen molar-refractivity contribution in [2.24, 2.45) is 0 Å². The number of benzene rings is 1. The summed E-state index contributed by atoms with van der Waals surface area (Å²) in [6.45, 7) is 5.90. The van der Waals surface area contributed by atoms with Gasteiger partial charge < -0.3 is 5.73 Å². The van der Waals surface area contributed by atoms with Crippen LogP contribution >= 0.6 is 0 Å². The van der Waals surface area contributed by atoms with Crippen LogP contribution in [0, 0.1) is 0 Å². The van der Waals surface area contributed by atoms with E-state index in [0.29, 0.717) is 6.54 Å². The highest BCUT2D eigenvalue weighted by Crippen LogP contribution is 2.08. The van der Waals surface area contributed by atoms with Gasteiger partial charge in [-0.2, -0.15) is 0 Å². The lowest BCUT2D eigenvalue weighted by Gasteiger charge is -2.20. The zero-order valence-corrected chi connectivity index (χ0v) is 11.9. The van der Waals surface area contributed by atoms with Gasteiger partial charge in [0.15, 0.2) is 9.84 Å². The lowest BCUT2D eigenvalue weighted by molar-refractivity contribution is 0.296. The Morgan fingerprint density at radius 2 is 1.78 bits per heavy atom. The second kappa shape index (κ2) is 6.75. The molecule has 0 radical (unpaired) electrons. The molecule has 0 aliphatic heterocycles. The van der Waals surface area contributed by atoms with Crippen LogP contribution in [0.1, 0.15) is 19.4 Å². The van der Waals surface area contributed by atoms with Crippen LogP contribution in [0.2, 0.25) is 0 Å². The topological polar surface area (TPSA) is 63.4 Å². The molecule has 0 saturated carbocycles. The van der Waals surface area contributed by atoms with E-state index in [-0.39, 0.29) is 11.5 Å². The Hall–Kier alpha value is -1.07. The van der Waals surface area contributed by atoms with E-state index in [4.69, 9.17) is 5.73 Å². The average molecular weight is 270 g/mol. The van der Waals surface area contributed by atoms with Crippen LogP contribution in [0.25, 0.3) is 0 Å². The van der Waals surface area contributed by atoms with Gasteiger partial charge in [0.05, 0.1) is 5.75 Å². The number of sulfone groups is 1. The molecule has 0 spiro atoms. The predicted molar refractivity (Wildman–Crippen MR) is 76.1 cm³/mol. The van der Waals surface area contributed by atoms with E-state index in [1.807, 2.05) is 31.2 Å². The Labute approximate surface area is 110 Å². The van der Waals surface area contributed by atoms with Gasteiger partial charge in [-0.25, -0.2) is 8.42 Å². The van der Waals surface area contributed by atoms with Crippen molar-refractivity contribution in [2.75, 3.05) is 30.3 Å². The predicted octanol–water partition coefficient (Wildman–Crippen LogP) is 1.53. The highest BCUT2D eigenvalue weighted by atomic mass is 32.2. The molecule has 4 nitrogen and oxygen atoms in total. The van der Waals surface area contributed by atoms with Gasteiger partial charge in [0.1, 0.15) is 0 Å². The minimum atomic E-state index is -2.89. The van der Waals surface area contributed by atoms with E-state index in [1.54, 1.807) is 6.92 Å². The van der Waals surface area contributed by atoms with Gasteiger partial charge >= 0.3 is 0 Å². The van der Waals surface area contributed by atoms with Gasteiger partial charge in [-0.05, 0) is 24.2 Å². The molecule has 5 heteroatoms. The molecule has 0 aromatic heterocycles. The van der Waals surface area contributed by atoms with Crippen LogP contribution in [-0.2, 0) is 16.4 Å². The van der Waals surface area contributed by atoms with Crippen molar-refractivity contribution in [3.63, 3.8) is 0 Å². The Morgan fingerprint density at radius 3 is 2.28 bits per heavy atom. The van der Waals surface area contributed by atoms with E-state index < -0.39 is 9.84 Å². The Kier molecular flexibility index (Phi) is 5.62. The number of hydrogen-bond acceptors (Lipinski definition) is 4. The van der Waals surface area contributed by atoms with Crippen LogP contribution in [0.5, 0.6) is 0 Å². The largest absolute Gasteiger partial charge is 0.399 e. The van der Waals surface area contributed by atoms with Crippen LogP contribution in [0.15, 0.2) is 24.3 Å². The molecular weight excluding hydrogens is 248 g/mol. The SMILES string of the molecule is CCN(CCS(=O)(=O)CC)Cc1ccc(N)cc1. The molecule has 1 aromatic rings. The number of rotatable bonds is 7. The molecule has 0 atom stereocenters. The van der Waals surface area contributed by atoms with Crippen molar-refractivity contribution in [3.05, 3.63) is 29.8 Å². The fourth-order valence-corrected chi connectivity index (χ4v) is 2.47. The Bertz CT molecular complexity index is 454. The van der Waals surface area contributed by atoms with Gasteiger partial charge in [0.25, 0.3) is 0 Å². The quantitative estimate of drug-likeness (QED) is 0.763. The molecule has 102 valence electrons. The van der Waals surface area contributed by atoms with Crippen molar-refractivity contribution in [2.45, 2.75) is 20.4 Å². The van der Waals surface area contributed by atoms with Crippen LogP contribution in [-0.4, -0.2) is 37.9 Å². The summed E-state index contributed by atoms with van der Waals surface area (Å²) in [4.78, 5) is 2.12. The molecule has 0 aliphatic carbocycles. The minimum absolute atomic E-state index is 0.215. The number of anilines is 1. The number of nitrogen functional groups attached to an aromatic ring is 1. The maximum absolute atomic E-state index is 11.5. The normalized spacial score (nSPS) is 11.9. The highest BCUT2D eigenvalue weighted by Gasteiger charge is 2.11. The molecule has 1 rings (SSSR count). The van der Waals surface area contributed by atoms with Crippen molar-refractivity contribution in [1.29, 1.82) is 0 Å². The monoisotopic (exact) mass is 270 g/mol. The summed E-state index contributed by atoms with van der Waals surface area (Å²) in [5, 5.41) is 0. The fourth-order valence-electron chi connectivity index (χ4n) is 1.64. The van der Waals surface area contributed by atoms with E-state index in [1.165, 1.54) is 0 Å². The molecule has 0 bridgehead atoms. The van der Waals surface area contributed by atoms with Crippen molar-refractivity contribution in [3.8, 4) is 0 Å². The Balaban J connectivity index is 2.54. The summed E-state index contributed by atoms with van der Waals surface area (Å²) in [5.41, 5.74) is 7.53. The third-order valence-electron chi connectivity index (χ3n) is 2.99. The first kappa shape index (κ1) is 15.0. The van der Waals surface area contributed by atoms with Crippen molar-refractivity contribution < 1.29 is 8.42 Å². The molecule has 0 aliphatic rings. The standard InChI is InChI=1S/C13H22N2O2S/c1-3-15(9-10-18(16,17)4-2)11-12-5-7-13(14)8-6-12/h5-8H,3-4,9-11,14H2,1-2H3. The van der Waals surface area contributed by atoms with E-state index >= 15 is 0 Å². The van der Waals surface area contributed by atoms with E-state index in [0.717, 1.165) is 24.3 Å². The molecule has 18 heavy (non-hydrogen) atoms. The van der Waals surface area contributed by atoms with Gasteiger partial charge in [0, 0.05) is 24.5 Å². The summed E-state index contributed by atoms with van der Waals surface area (Å²) in [5.74, 6) is 0.443. The summed E-state index contributed by atoms with van der Waals surface area (Å²) in [6.07, 6.45) is 0. The lowest BCUT2D eigenvalue weighted by atomic mass is 10.2. The van der Waals surface area contributed by atoms with E-state index in [2.05, 4.69) is 4.90 Å². The van der Waals surface area contributed by atoms with E-state index in [9.17, 15) is 8.42 Å². The van der Waals surface area contributed by atoms with Crippen LogP contribution in [0.3, 0.4) is 0 Å². The molecule has 1 aromatic carbocycles. The lowest BCUT2D eigenvalue weighted by Crippen LogP contribution is -2.29. The smallest absolute Gasteiger partial charge is 0.151 e. The summed E-state index contributed by atoms with van der Waals surface area (Å²) in [7, 11) is -2.89.